The molecule has 2 N–H and O–H groups in total. The van der Waals surface area contributed by atoms with Gasteiger partial charge in [0, 0.05) is 84.1 Å². The average Bonchev–Trinajstić information content (AvgIpc) is 3.39. The largest absolute Gasteiger partial charge is 0.361 e. The third kappa shape index (κ3) is 5.72. The Hall–Kier alpha value is -3.36. The number of aromatic amines is 1. The maximum absolute atomic E-state index is 14.2. The molecular formula is C32H33Cl2N5O2. The number of halogens is 2. The maximum atomic E-state index is 14.2. The van der Waals surface area contributed by atoms with Crippen LogP contribution in [0.25, 0.3) is 10.9 Å². The molecule has 3 aromatic carbocycles. The van der Waals surface area contributed by atoms with Crippen LogP contribution in [-0.2, 0) is 11.3 Å². The van der Waals surface area contributed by atoms with Crippen molar-refractivity contribution in [2.45, 2.75) is 18.5 Å². The molecular weight excluding hydrogens is 557 g/mol. The van der Waals surface area contributed by atoms with Crippen LogP contribution in [0.5, 0.6) is 0 Å². The molecule has 1 saturated heterocycles. The Balaban J connectivity index is 1.39. The number of nitrogens with one attached hydrogen (secondary N) is 2. The Kier molecular flexibility index (Phi) is 8.04. The number of aromatic nitrogens is 1. The second kappa shape index (κ2) is 11.9. The van der Waals surface area contributed by atoms with Crippen LogP contribution in [0.3, 0.4) is 0 Å². The number of carbonyl (C=O) groups excluding carboxylic acids is 2. The fourth-order valence-corrected chi connectivity index (χ4v) is 6.37. The van der Waals surface area contributed by atoms with E-state index >= 15 is 0 Å². The van der Waals surface area contributed by atoms with Gasteiger partial charge in [0.25, 0.3) is 5.91 Å². The third-order valence-corrected chi connectivity index (χ3v) is 8.79. The third-order valence-electron chi connectivity index (χ3n) is 8.30. The molecule has 212 valence electrons. The van der Waals surface area contributed by atoms with Crippen molar-refractivity contribution in [2.24, 2.45) is 0 Å². The summed E-state index contributed by atoms with van der Waals surface area (Å²) in [6, 6.07) is 20.1. The maximum Gasteiger partial charge on any atom is 0.255 e. The zero-order valence-corrected chi connectivity index (χ0v) is 24.5. The van der Waals surface area contributed by atoms with Crippen molar-refractivity contribution in [3.8, 4) is 0 Å². The number of likely N-dealkylation sites (N-methyl/N-ethyl adjacent to an activating group) is 1. The van der Waals surface area contributed by atoms with E-state index in [-0.39, 0.29) is 11.8 Å². The summed E-state index contributed by atoms with van der Waals surface area (Å²) < 4.78 is 0. The van der Waals surface area contributed by atoms with Gasteiger partial charge in [0.15, 0.2) is 0 Å². The summed E-state index contributed by atoms with van der Waals surface area (Å²) >= 11 is 12.5. The number of hydrogen-bond acceptors (Lipinski definition) is 4. The molecule has 1 aromatic heterocycles. The first-order valence-corrected chi connectivity index (χ1v) is 14.7. The lowest BCUT2D eigenvalue weighted by Gasteiger charge is -2.42. The van der Waals surface area contributed by atoms with E-state index in [1.807, 2.05) is 77.8 Å². The molecule has 0 aliphatic carbocycles. The van der Waals surface area contributed by atoms with Crippen LogP contribution in [0.2, 0.25) is 10.0 Å². The Morgan fingerprint density at radius 1 is 0.951 bits per heavy atom. The molecule has 4 aromatic rings. The lowest BCUT2D eigenvalue weighted by Crippen LogP contribution is -2.49. The van der Waals surface area contributed by atoms with Gasteiger partial charge in [-0.2, -0.15) is 0 Å². The quantitative estimate of drug-likeness (QED) is 0.306. The fraction of sp³-hybridized carbons (Fsp3) is 0.312. The highest BCUT2D eigenvalue weighted by atomic mass is 35.5. The van der Waals surface area contributed by atoms with Crippen molar-refractivity contribution in [2.75, 3.05) is 46.3 Å². The first-order chi connectivity index (χ1) is 19.9. The molecule has 0 saturated carbocycles. The molecule has 0 spiro atoms. The van der Waals surface area contributed by atoms with Gasteiger partial charge in [0.1, 0.15) is 0 Å². The van der Waals surface area contributed by atoms with Gasteiger partial charge in [-0.1, -0.05) is 59.6 Å². The number of rotatable bonds is 7. The van der Waals surface area contributed by atoms with E-state index in [0.29, 0.717) is 28.7 Å². The highest BCUT2D eigenvalue weighted by Gasteiger charge is 2.45. The Morgan fingerprint density at radius 3 is 2.46 bits per heavy atom. The van der Waals surface area contributed by atoms with Gasteiger partial charge in [0.2, 0.25) is 5.91 Å². The van der Waals surface area contributed by atoms with Crippen molar-refractivity contribution < 1.29 is 9.59 Å². The summed E-state index contributed by atoms with van der Waals surface area (Å²) in [4.78, 5) is 38.2. The van der Waals surface area contributed by atoms with Gasteiger partial charge < -0.3 is 20.1 Å². The molecule has 2 amide bonds. The van der Waals surface area contributed by atoms with E-state index in [1.54, 1.807) is 0 Å². The number of amides is 2. The summed E-state index contributed by atoms with van der Waals surface area (Å²) in [5.74, 6) is -0.794. The van der Waals surface area contributed by atoms with E-state index in [2.05, 4.69) is 27.1 Å². The Bertz CT molecular complexity index is 1560. The summed E-state index contributed by atoms with van der Waals surface area (Å²) in [6.07, 6.45) is 1.91. The minimum Gasteiger partial charge on any atom is -0.361 e. The topological polar surface area (TPSA) is 71.7 Å². The summed E-state index contributed by atoms with van der Waals surface area (Å²) in [5.41, 5.74) is 3.98. The number of hydrogen-bond donors (Lipinski definition) is 2. The Morgan fingerprint density at radius 2 is 1.68 bits per heavy atom. The number of benzene rings is 3. The van der Waals surface area contributed by atoms with E-state index < -0.39 is 12.0 Å². The monoisotopic (exact) mass is 589 g/mol. The van der Waals surface area contributed by atoms with Gasteiger partial charge in [-0.3, -0.25) is 14.5 Å². The molecule has 7 nitrogen and oxygen atoms in total. The Labute approximate surface area is 250 Å². The molecule has 6 rings (SSSR count). The standard InChI is InChI=1S/C32H33Cl2N5O2/c1-37-14-16-38(17-15-37)13-12-35-31(40)29-25-4-2-3-5-26(25)32(41)39(20-21-6-8-22(33)9-7-21)30(29)27-19-36-28-18-23(34)10-11-24(27)28/h2-11,18-19,29-30,36H,12-17,20H2,1H3,(H,35,40)/t29-,30+/m0/s1. The summed E-state index contributed by atoms with van der Waals surface area (Å²) in [6.45, 7) is 5.70. The van der Waals surface area contributed by atoms with E-state index in [0.717, 1.165) is 60.3 Å². The average molecular weight is 591 g/mol. The van der Waals surface area contributed by atoms with Crippen molar-refractivity contribution in [3.05, 3.63) is 105 Å². The molecule has 2 aliphatic heterocycles. The molecule has 3 heterocycles. The molecule has 0 unspecified atom stereocenters. The van der Waals surface area contributed by atoms with Gasteiger partial charge in [-0.05, 0) is 48.5 Å². The van der Waals surface area contributed by atoms with Crippen LogP contribution in [-0.4, -0.2) is 77.8 Å². The molecule has 2 atom stereocenters. The molecule has 41 heavy (non-hydrogen) atoms. The second-order valence-corrected chi connectivity index (χ2v) is 11.8. The van der Waals surface area contributed by atoms with Crippen molar-refractivity contribution in [1.29, 1.82) is 0 Å². The zero-order chi connectivity index (χ0) is 28.5. The van der Waals surface area contributed by atoms with Gasteiger partial charge in [0.05, 0.1) is 12.0 Å². The molecule has 1 fully saturated rings. The minimum atomic E-state index is -0.599. The lowest BCUT2D eigenvalue weighted by atomic mass is 9.79. The lowest BCUT2D eigenvalue weighted by molar-refractivity contribution is -0.124. The fourth-order valence-electron chi connectivity index (χ4n) is 6.07. The first-order valence-electron chi connectivity index (χ1n) is 14.0. The first kappa shape index (κ1) is 27.8. The summed E-state index contributed by atoms with van der Waals surface area (Å²) in [5, 5.41) is 5.41. The van der Waals surface area contributed by atoms with Gasteiger partial charge in [-0.25, -0.2) is 0 Å². The van der Waals surface area contributed by atoms with Crippen LogP contribution in [0.4, 0.5) is 0 Å². The number of piperazine rings is 1. The van der Waals surface area contributed by atoms with Gasteiger partial charge >= 0.3 is 0 Å². The molecule has 0 radical (unpaired) electrons. The minimum absolute atomic E-state index is 0.0894. The van der Waals surface area contributed by atoms with E-state index in [4.69, 9.17) is 23.2 Å². The SMILES string of the molecule is CN1CCN(CCNC(=O)[C@H]2c3ccccc3C(=O)N(Cc3ccc(Cl)cc3)[C@@H]2c2c[nH]c3cc(Cl)ccc23)CC1. The smallest absolute Gasteiger partial charge is 0.255 e. The number of fused-ring (bicyclic) bond motifs is 2. The number of nitrogens with zero attached hydrogens (tertiary/aromatic N) is 3. The second-order valence-electron chi connectivity index (χ2n) is 10.9. The highest BCUT2D eigenvalue weighted by molar-refractivity contribution is 6.31. The predicted molar refractivity (Wildman–Crippen MR) is 164 cm³/mol. The summed E-state index contributed by atoms with van der Waals surface area (Å²) in [7, 11) is 2.13. The van der Waals surface area contributed by atoms with Crippen molar-refractivity contribution in [1.82, 2.24) is 25.0 Å². The normalized spacial score (nSPS) is 19.9. The van der Waals surface area contributed by atoms with E-state index in [9.17, 15) is 9.59 Å². The van der Waals surface area contributed by atoms with Crippen molar-refractivity contribution >= 4 is 45.9 Å². The predicted octanol–water partition coefficient (Wildman–Crippen LogP) is 5.32. The van der Waals surface area contributed by atoms with E-state index in [1.165, 1.54) is 0 Å². The van der Waals surface area contributed by atoms with Crippen LogP contribution >= 0.6 is 23.2 Å². The highest BCUT2D eigenvalue weighted by Crippen LogP contribution is 2.45. The molecule has 9 heteroatoms. The molecule has 2 aliphatic rings. The van der Waals surface area contributed by atoms with Crippen LogP contribution in [0.1, 0.15) is 39.0 Å². The molecule has 0 bridgehead atoms. The number of H-pyrrole nitrogens is 1. The van der Waals surface area contributed by atoms with Crippen LogP contribution in [0.15, 0.2) is 72.9 Å². The number of carbonyl (C=O) groups is 2. The van der Waals surface area contributed by atoms with Crippen LogP contribution < -0.4 is 5.32 Å². The zero-order valence-electron chi connectivity index (χ0n) is 22.9. The van der Waals surface area contributed by atoms with Gasteiger partial charge in [-0.15, -0.1) is 0 Å². The van der Waals surface area contributed by atoms with Crippen molar-refractivity contribution in [3.63, 3.8) is 0 Å². The van der Waals surface area contributed by atoms with Crippen LogP contribution in [0, 0.1) is 0 Å².